The molecule has 1 amide bonds. The van der Waals surface area contributed by atoms with E-state index in [-0.39, 0.29) is 23.9 Å². The number of ether oxygens (including phenoxy) is 1. The van der Waals surface area contributed by atoms with Gasteiger partial charge in [0.1, 0.15) is 6.33 Å². The fraction of sp³-hybridized carbons (Fsp3) is 0.318. The van der Waals surface area contributed by atoms with E-state index in [1.165, 1.54) is 11.8 Å². The van der Waals surface area contributed by atoms with E-state index < -0.39 is 0 Å². The van der Waals surface area contributed by atoms with Crippen molar-refractivity contribution < 1.29 is 9.53 Å². The lowest BCUT2D eigenvalue weighted by Gasteiger charge is -2.36. The van der Waals surface area contributed by atoms with Gasteiger partial charge < -0.3 is 15.0 Å². The number of nitrogens with zero attached hydrogens (tertiary/aromatic N) is 4. The van der Waals surface area contributed by atoms with Crippen molar-refractivity contribution in [2.45, 2.75) is 31.2 Å². The first kappa shape index (κ1) is 21.7. The average molecular weight is 458 g/mol. The highest BCUT2D eigenvalue weighted by Gasteiger charge is 2.22. The lowest BCUT2D eigenvalue weighted by Crippen LogP contribution is -2.45. The number of hydrogen-bond acceptors (Lipinski definition) is 6. The summed E-state index contributed by atoms with van der Waals surface area (Å²) in [5.74, 6) is 0.117. The molecule has 0 radical (unpaired) electrons. The topological polar surface area (TPSA) is 72.3 Å². The SMILES string of the molecule is CC1CN(c2ccc(NC(=O)CSc3nncn3-c3cccc(Cl)c3)cc2)CC(C)O1. The first-order valence-corrected chi connectivity index (χ1v) is 11.4. The Hall–Kier alpha value is -2.55. The van der Waals surface area contributed by atoms with Gasteiger partial charge in [0, 0.05) is 29.5 Å². The Morgan fingerprint density at radius 2 is 1.90 bits per heavy atom. The summed E-state index contributed by atoms with van der Waals surface area (Å²) in [4.78, 5) is 14.8. The number of amides is 1. The van der Waals surface area contributed by atoms with Crippen molar-refractivity contribution >= 4 is 40.6 Å². The quantitative estimate of drug-likeness (QED) is 0.557. The van der Waals surface area contributed by atoms with E-state index in [2.05, 4.69) is 34.3 Å². The van der Waals surface area contributed by atoms with E-state index in [0.717, 1.165) is 30.2 Å². The van der Waals surface area contributed by atoms with Crippen LogP contribution in [0.2, 0.25) is 5.02 Å². The summed E-state index contributed by atoms with van der Waals surface area (Å²) >= 11 is 7.39. The monoisotopic (exact) mass is 457 g/mol. The molecule has 0 aliphatic carbocycles. The summed E-state index contributed by atoms with van der Waals surface area (Å²) in [5, 5.41) is 12.3. The van der Waals surface area contributed by atoms with E-state index in [1.807, 2.05) is 47.0 Å². The van der Waals surface area contributed by atoms with Crippen molar-refractivity contribution in [2.24, 2.45) is 0 Å². The maximum atomic E-state index is 12.4. The Morgan fingerprint density at radius 3 is 2.61 bits per heavy atom. The first-order valence-electron chi connectivity index (χ1n) is 10.1. The lowest BCUT2D eigenvalue weighted by atomic mass is 10.2. The number of hydrogen-bond donors (Lipinski definition) is 1. The molecule has 0 spiro atoms. The Labute approximate surface area is 190 Å². The summed E-state index contributed by atoms with van der Waals surface area (Å²) in [6.07, 6.45) is 2.01. The standard InChI is InChI=1S/C22H24ClN5O2S/c1-15-11-27(12-16(2)30-15)19-8-6-18(7-9-19)25-21(29)13-31-22-26-24-14-28(22)20-5-3-4-17(23)10-20/h3-10,14-16H,11-13H2,1-2H3,(H,25,29). The van der Waals surface area contributed by atoms with Crippen LogP contribution < -0.4 is 10.2 Å². The average Bonchev–Trinajstić information content (AvgIpc) is 3.21. The van der Waals surface area contributed by atoms with Crippen LogP contribution in [0.4, 0.5) is 11.4 Å². The number of thioether (sulfide) groups is 1. The third-order valence-corrected chi connectivity index (χ3v) is 6.05. The van der Waals surface area contributed by atoms with Crippen LogP contribution in [0, 0.1) is 0 Å². The van der Waals surface area contributed by atoms with Gasteiger partial charge in [-0.05, 0) is 56.3 Å². The predicted molar refractivity (Wildman–Crippen MR) is 124 cm³/mol. The molecule has 4 rings (SSSR count). The Bertz CT molecular complexity index is 1030. The van der Waals surface area contributed by atoms with Gasteiger partial charge in [-0.2, -0.15) is 0 Å². The maximum absolute atomic E-state index is 12.4. The van der Waals surface area contributed by atoms with E-state index >= 15 is 0 Å². The third-order valence-electron chi connectivity index (χ3n) is 4.87. The lowest BCUT2D eigenvalue weighted by molar-refractivity contribution is -0.113. The summed E-state index contributed by atoms with van der Waals surface area (Å²) in [5.41, 5.74) is 2.74. The Morgan fingerprint density at radius 1 is 1.16 bits per heavy atom. The fourth-order valence-electron chi connectivity index (χ4n) is 3.60. The van der Waals surface area contributed by atoms with Crippen LogP contribution in [0.1, 0.15) is 13.8 Å². The van der Waals surface area contributed by atoms with Gasteiger partial charge in [-0.25, -0.2) is 0 Å². The molecule has 2 heterocycles. The van der Waals surface area contributed by atoms with Crippen LogP contribution in [0.25, 0.3) is 5.69 Å². The molecule has 31 heavy (non-hydrogen) atoms. The minimum Gasteiger partial charge on any atom is -0.372 e. The van der Waals surface area contributed by atoms with Crippen LogP contribution in [0.5, 0.6) is 0 Å². The molecule has 0 saturated carbocycles. The third kappa shape index (κ3) is 5.58. The van der Waals surface area contributed by atoms with Gasteiger partial charge in [-0.15, -0.1) is 10.2 Å². The van der Waals surface area contributed by atoms with Gasteiger partial charge in [0.05, 0.1) is 23.6 Å². The van der Waals surface area contributed by atoms with Crippen molar-refractivity contribution in [1.29, 1.82) is 0 Å². The highest BCUT2D eigenvalue weighted by atomic mass is 35.5. The molecule has 7 nitrogen and oxygen atoms in total. The molecule has 2 unspecified atom stereocenters. The summed E-state index contributed by atoms with van der Waals surface area (Å²) in [6, 6.07) is 15.3. The molecule has 1 aliphatic rings. The Kier molecular flexibility index (Phi) is 6.80. The van der Waals surface area contributed by atoms with Gasteiger partial charge in [-0.1, -0.05) is 29.4 Å². The highest BCUT2D eigenvalue weighted by molar-refractivity contribution is 7.99. The van der Waals surface area contributed by atoms with Gasteiger partial charge in [-0.3, -0.25) is 9.36 Å². The molecule has 1 aliphatic heterocycles. The number of nitrogens with one attached hydrogen (secondary N) is 1. The number of anilines is 2. The van der Waals surface area contributed by atoms with Gasteiger partial charge in [0.25, 0.3) is 0 Å². The van der Waals surface area contributed by atoms with E-state index in [0.29, 0.717) is 10.2 Å². The van der Waals surface area contributed by atoms with Crippen LogP contribution in [-0.4, -0.2) is 51.7 Å². The van der Waals surface area contributed by atoms with Crippen LogP contribution in [0.3, 0.4) is 0 Å². The molecule has 9 heteroatoms. The van der Waals surface area contributed by atoms with Gasteiger partial charge in [0.15, 0.2) is 5.16 Å². The molecule has 3 aromatic rings. The van der Waals surface area contributed by atoms with Crippen molar-refractivity contribution in [3.05, 3.63) is 59.9 Å². The number of halogens is 1. The molecule has 1 aromatic heterocycles. The molecule has 0 bridgehead atoms. The van der Waals surface area contributed by atoms with Crippen molar-refractivity contribution in [2.75, 3.05) is 29.1 Å². The van der Waals surface area contributed by atoms with Gasteiger partial charge in [0.2, 0.25) is 5.91 Å². The molecule has 1 fully saturated rings. The zero-order valence-electron chi connectivity index (χ0n) is 17.4. The van der Waals surface area contributed by atoms with Crippen molar-refractivity contribution in [3.8, 4) is 5.69 Å². The van der Waals surface area contributed by atoms with Crippen molar-refractivity contribution in [3.63, 3.8) is 0 Å². The normalized spacial score (nSPS) is 18.7. The highest BCUT2D eigenvalue weighted by Crippen LogP contribution is 2.24. The molecule has 162 valence electrons. The summed E-state index contributed by atoms with van der Waals surface area (Å²) < 4.78 is 7.60. The molecule has 2 aromatic carbocycles. The molecule has 1 saturated heterocycles. The second-order valence-corrected chi connectivity index (χ2v) is 8.89. The second kappa shape index (κ2) is 9.72. The molecular weight excluding hydrogens is 434 g/mol. The number of carbonyl (C=O) groups is 1. The van der Waals surface area contributed by atoms with Gasteiger partial charge >= 0.3 is 0 Å². The zero-order chi connectivity index (χ0) is 21.8. The minimum atomic E-state index is -0.105. The predicted octanol–water partition coefficient (Wildman–Crippen LogP) is 4.27. The first-order chi connectivity index (χ1) is 15.0. The number of carbonyl (C=O) groups excluding carboxylic acids is 1. The zero-order valence-corrected chi connectivity index (χ0v) is 18.9. The summed E-state index contributed by atoms with van der Waals surface area (Å²) in [6.45, 7) is 5.89. The number of benzene rings is 2. The van der Waals surface area contributed by atoms with E-state index in [1.54, 1.807) is 12.4 Å². The van der Waals surface area contributed by atoms with Crippen LogP contribution in [-0.2, 0) is 9.53 Å². The Balaban J connectivity index is 1.33. The number of rotatable bonds is 6. The van der Waals surface area contributed by atoms with Crippen molar-refractivity contribution in [1.82, 2.24) is 14.8 Å². The molecule has 1 N–H and O–H groups in total. The van der Waals surface area contributed by atoms with E-state index in [9.17, 15) is 4.79 Å². The molecular formula is C22H24ClN5O2S. The number of morpholine rings is 1. The summed E-state index contributed by atoms with van der Waals surface area (Å²) in [7, 11) is 0. The smallest absolute Gasteiger partial charge is 0.234 e. The van der Waals surface area contributed by atoms with E-state index in [4.69, 9.17) is 16.3 Å². The fourth-order valence-corrected chi connectivity index (χ4v) is 4.51. The second-order valence-electron chi connectivity index (χ2n) is 7.51. The maximum Gasteiger partial charge on any atom is 0.234 e. The van der Waals surface area contributed by atoms with Crippen LogP contribution >= 0.6 is 23.4 Å². The molecule has 2 atom stereocenters. The number of aromatic nitrogens is 3. The minimum absolute atomic E-state index is 0.105. The largest absolute Gasteiger partial charge is 0.372 e. The van der Waals surface area contributed by atoms with Crippen LogP contribution in [0.15, 0.2) is 60.0 Å².